The topological polar surface area (TPSA) is 6.48 Å². The first-order chi connectivity index (χ1) is 51.5. The molecule has 0 aromatic heterocycles. The van der Waals surface area contributed by atoms with Crippen LogP contribution in [0.25, 0.3) is 76.8 Å². The first kappa shape index (κ1) is 64.5. The van der Waals surface area contributed by atoms with Crippen molar-refractivity contribution in [1.29, 1.82) is 0 Å². The summed E-state index contributed by atoms with van der Waals surface area (Å²) in [6.45, 7) is 12.3. The molecule has 0 saturated carbocycles. The van der Waals surface area contributed by atoms with E-state index in [0.717, 1.165) is 62.7 Å². The summed E-state index contributed by atoms with van der Waals surface area (Å²) < 4.78 is 0. The summed E-state index contributed by atoms with van der Waals surface area (Å²) in [5.41, 5.74) is 33.3. The lowest BCUT2D eigenvalue weighted by molar-refractivity contribution is 0.609. The molecular weight excluding hydrogens is 1270 g/mol. The third-order valence-electron chi connectivity index (χ3n) is 24.7. The monoisotopic (exact) mass is 1350 g/mol. The fourth-order valence-electron chi connectivity index (χ4n) is 19.6. The minimum atomic E-state index is -0.175. The summed E-state index contributed by atoms with van der Waals surface area (Å²) in [5.74, 6) is 1.06. The minimum Gasteiger partial charge on any atom is -0.315 e. The lowest BCUT2D eigenvalue weighted by Crippen LogP contribution is -2.27. The van der Waals surface area contributed by atoms with Gasteiger partial charge in [-0.2, -0.15) is 0 Å². The van der Waals surface area contributed by atoms with Gasteiger partial charge in [-0.05, 0) is 244 Å². The summed E-state index contributed by atoms with van der Waals surface area (Å²) in [4.78, 5) is 5.04. The van der Waals surface area contributed by atoms with E-state index in [9.17, 15) is 0 Å². The molecule has 7 aliphatic carbocycles. The van der Waals surface area contributed by atoms with Crippen molar-refractivity contribution in [2.75, 3.05) is 9.80 Å². The van der Waals surface area contributed by atoms with Crippen molar-refractivity contribution < 1.29 is 0 Å². The van der Waals surface area contributed by atoms with Crippen molar-refractivity contribution >= 4 is 49.4 Å². The summed E-state index contributed by atoms with van der Waals surface area (Å²) >= 11 is 0. The van der Waals surface area contributed by atoms with E-state index in [4.69, 9.17) is 0 Å². The van der Waals surface area contributed by atoms with Gasteiger partial charge in [0.1, 0.15) is 0 Å². The van der Waals surface area contributed by atoms with Crippen LogP contribution < -0.4 is 9.80 Å². The second-order valence-corrected chi connectivity index (χ2v) is 31.5. The summed E-state index contributed by atoms with van der Waals surface area (Å²) in [7, 11) is 0. The SMILES string of the molecule is CC(Cc1cccc(N(C2=CCC(c3ccc4cccc5c4c3-c3cccc(C4C=CC6=C(C=CCC6)C4)c3C5(C)C)C=C2)c2ccccc2)c1)c1cc(-c2cccc3ccccc23)ccc1-c1c(-c2ccc(N(C3=CCC4C(=C3)C(C)(C)c3ccccc34)C3=CC=CCC3)cc2)ccc2ccccc12. The molecule has 0 N–H and O–H groups in total. The highest BCUT2D eigenvalue weighted by atomic mass is 15.2. The molecular formula is C103H88N2. The van der Waals surface area contributed by atoms with Crippen molar-refractivity contribution in [3.63, 3.8) is 0 Å². The second-order valence-electron chi connectivity index (χ2n) is 31.5. The van der Waals surface area contributed by atoms with Gasteiger partial charge in [0.25, 0.3) is 0 Å². The predicted octanol–water partition coefficient (Wildman–Crippen LogP) is 27.6. The van der Waals surface area contributed by atoms with E-state index < -0.39 is 0 Å². The Balaban J connectivity index is 0.674. The Morgan fingerprint density at radius 3 is 1.97 bits per heavy atom. The average molecular weight is 1350 g/mol. The fourth-order valence-corrected chi connectivity index (χ4v) is 19.6. The van der Waals surface area contributed by atoms with Gasteiger partial charge in [0.05, 0.1) is 0 Å². The van der Waals surface area contributed by atoms with Crippen LogP contribution in [0.1, 0.15) is 148 Å². The van der Waals surface area contributed by atoms with Gasteiger partial charge >= 0.3 is 0 Å². The highest BCUT2D eigenvalue weighted by molar-refractivity contribution is 6.07. The zero-order valence-corrected chi connectivity index (χ0v) is 61.0. The Morgan fingerprint density at radius 1 is 0.448 bits per heavy atom. The first-order valence-corrected chi connectivity index (χ1v) is 38.5. The van der Waals surface area contributed by atoms with Crippen LogP contribution in [0.3, 0.4) is 0 Å². The minimum absolute atomic E-state index is 0.0418. The molecule has 7 aliphatic rings. The van der Waals surface area contributed by atoms with Crippen molar-refractivity contribution in [1.82, 2.24) is 0 Å². The maximum absolute atomic E-state index is 2.55. The van der Waals surface area contributed by atoms with E-state index >= 15 is 0 Å². The molecule has 0 aliphatic heterocycles. The summed E-state index contributed by atoms with van der Waals surface area (Å²) in [5, 5.41) is 7.73. The quantitative estimate of drug-likeness (QED) is 0.107. The van der Waals surface area contributed by atoms with E-state index in [2.05, 4.69) is 366 Å². The summed E-state index contributed by atoms with van der Waals surface area (Å²) in [6, 6.07) is 95.0. The highest BCUT2D eigenvalue weighted by Gasteiger charge is 2.43. The molecule has 4 atom stereocenters. The van der Waals surface area contributed by atoms with Gasteiger partial charge in [-0.3, -0.25) is 0 Å². The molecule has 12 aromatic rings. The molecule has 0 heterocycles. The molecule has 19 rings (SSSR count). The maximum Gasteiger partial charge on any atom is 0.0464 e. The Labute approximate surface area is 620 Å². The van der Waals surface area contributed by atoms with E-state index in [1.54, 1.807) is 0 Å². The zero-order valence-electron chi connectivity index (χ0n) is 61.0. The first-order valence-electron chi connectivity index (χ1n) is 38.5. The van der Waals surface area contributed by atoms with E-state index in [0.29, 0.717) is 11.8 Å². The second kappa shape index (κ2) is 26.1. The van der Waals surface area contributed by atoms with Crippen molar-refractivity contribution in [3.8, 4) is 44.5 Å². The molecule has 4 unspecified atom stereocenters. The van der Waals surface area contributed by atoms with E-state index in [1.807, 2.05) is 0 Å². The average Bonchev–Trinajstić information content (AvgIpc) is 1.76. The number of hydrogen-bond acceptors (Lipinski definition) is 2. The smallest absolute Gasteiger partial charge is 0.0464 e. The Hall–Kier alpha value is -11.3. The largest absolute Gasteiger partial charge is 0.315 e. The van der Waals surface area contributed by atoms with Crippen LogP contribution in [0.2, 0.25) is 0 Å². The van der Waals surface area contributed by atoms with Crippen molar-refractivity contribution in [2.24, 2.45) is 0 Å². The molecule has 2 nitrogen and oxygen atoms in total. The molecule has 0 saturated heterocycles. The van der Waals surface area contributed by atoms with Gasteiger partial charge in [-0.25, -0.2) is 0 Å². The van der Waals surface area contributed by atoms with Crippen LogP contribution in [0.15, 0.2) is 355 Å². The molecule has 12 aromatic carbocycles. The number of hydrogen-bond donors (Lipinski definition) is 0. The third kappa shape index (κ3) is 11.1. The molecule has 0 radical (unpaired) electrons. The lowest BCUT2D eigenvalue weighted by atomic mass is 9.63. The molecule has 0 amide bonds. The Kier molecular flexibility index (Phi) is 16.1. The lowest BCUT2D eigenvalue weighted by Gasteiger charge is -2.40. The summed E-state index contributed by atoms with van der Waals surface area (Å²) in [6.07, 6.45) is 37.2. The van der Waals surface area contributed by atoms with E-state index in [1.165, 1.54) is 161 Å². The standard InChI is InChI=1S/C103H88N2/c1-67(62-68-24-20-35-82(63-68)104(78-31-8-6-9-32-78)80-55-48-73(49-56-80)88-59-51-74-30-22-43-96-98(74)100(88)93-41-23-40-89(101(93)103(96,4)5)76-45-44-69-25-12-13-28-75(69)64-76)94-65-77(85-39-21-29-70-26-14-16-36-84(70)85)52-60-92(94)99-86-37-17-15-27-71(86)50-58-87(99)72-46-53-81(54-47-72)105(79-33-10-7-11-34-79)83-57-61-91-90-38-18-19-42-95(90)102(2,3)97(91)66-83/h6-10,13-24,26-33,35-48,50-60,63,65-67,73,76,91H,11-12,25,34,49,61-62,64H2,1-5H3. The fraction of sp³-hybridized carbons (Fsp3) is 0.184. The maximum atomic E-state index is 2.55. The number of rotatable bonds is 14. The van der Waals surface area contributed by atoms with Gasteiger partial charge < -0.3 is 9.80 Å². The van der Waals surface area contributed by atoms with Crippen LogP contribution in [0.5, 0.6) is 0 Å². The van der Waals surface area contributed by atoms with Crippen LogP contribution >= 0.6 is 0 Å². The number of nitrogens with zero attached hydrogens (tertiary/aromatic N) is 2. The van der Waals surface area contributed by atoms with Gasteiger partial charge in [0, 0.05) is 62.7 Å². The molecule has 105 heavy (non-hydrogen) atoms. The number of anilines is 3. The highest BCUT2D eigenvalue weighted by Crippen LogP contribution is 2.57. The van der Waals surface area contributed by atoms with Gasteiger partial charge in [0.2, 0.25) is 0 Å². The van der Waals surface area contributed by atoms with Crippen molar-refractivity contribution in [3.05, 3.63) is 400 Å². The Morgan fingerprint density at radius 2 is 1.12 bits per heavy atom. The van der Waals surface area contributed by atoms with E-state index in [-0.39, 0.29) is 22.7 Å². The molecule has 2 heteroatoms. The normalized spacial score (nSPS) is 18.9. The number of para-hydroxylation sites is 1. The Bertz CT molecular complexity index is 5820. The van der Waals surface area contributed by atoms with Gasteiger partial charge in [0.15, 0.2) is 0 Å². The predicted molar refractivity (Wildman–Crippen MR) is 445 cm³/mol. The number of fused-ring (bicyclic) bond motifs is 7. The van der Waals surface area contributed by atoms with Gasteiger partial charge in [-0.1, -0.05) is 307 Å². The number of benzene rings is 12. The molecule has 510 valence electrons. The number of allylic oxidation sites excluding steroid dienone is 16. The van der Waals surface area contributed by atoms with Crippen LogP contribution in [0.4, 0.5) is 17.1 Å². The zero-order chi connectivity index (χ0) is 70.5. The van der Waals surface area contributed by atoms with Crippen molar-refractivity contribution in [2.45, 2.75) is 120 Å². The van der Waals surface area contributed by atoms with Crippen LogP contribution in [-0.4, -0.2) is 0 Å². The third-order valence-corrected chi connectivity index (χ3v) is 24.7. The van der Waals surface area contributed by atoms with Crippen LogP contribution in [-0.2, 0) is 17.3 Å². The van der Waals surface area contributed by atoms with Crippen LogP contribution in [0, 0.1) is 0 Å². The molecule has 0 bridgehead atoms. The van der Waals surface area contributed by atoms with Gasteiger partial charge in [-0.15, -0.1) is 0 Å². The molecule has 0 spiro atoms. The molecule has 0 fully saturated rings.